The minimum absolute atomic E-state index is 0.0918. The van der Waals surface area contributed by atoms with Gasteiger partial charge in [0, 0.05) is 17.7 Å². The molecule has 2 aliphatic heterocycles. The predicted molar refractivity (Wildman–Crippen MR) is 93.8 cm³/mol. The molecule has 128 valence electrons. The van der Waals surface area contributed by atoms with Gasteiger partial charge in [-0.15, -0.1) is 11.6 Å². The quantitative estimate of drug-likeness (QED) is 0.781. The second-order valence-electron chi connectivity index (χ2n) is 5.95. The Morgan fingerprint density at radius 2 is 1.84 bits per heavy atom. The van der Waals surface area contributed by atoms with Crippen LogP contribution < -0.4 is 4.90 Å². The van der Waals surface area contributed by atoms with Crippen molar-refractivity contribution in [2.24, 2.45) is 0 Å². The van der Waals surface area contributed by atoms with Crippen LogP contribution >= 0.6 is 11.6 Å². The summed E-state index contributed by atoms with van der Waals surface area (Å²) in [6, 6.07) is 11.6. The molecule has 0 fully saturated rings. The van der Waals surface area contributed by atoms with Gasteiger partial charge < -0.3 is 14.4 Å². The maximum Gasteiger partial charge on any atom is 0.266 e. The average Bonchev–Trinajstić information content (AvgIpc) is 3.18. The van der Waals surface area contributed by atoms with Gasteiger partial charge in [-0.25, -0.2) is 0 Å². The van der Waals surface area contributed by atoms with E-state index >= 15 is 0 Å². The van der Waals surface area contributed by atoms with Gasteiger partial charge in [-0.05, 0) is 30.2 Å². The molecule has 4 rings (SSSR count). The molecule has 3 heterocycles. The van der Waals surface area contributed by atoms with E-state index in [-0.39, 0.29) is 5.91 Å². The number of alkyl halides is 1. The van der Waals surface area contributed by atoms with Crippen LogP contribution in [0.2, 0.25) is 0 Å². The molecular weight excluding hydrogens is 340 g/mol. The van der Waals surface area contributed by atoms with E-state index in [2.05, 4.69) is 4.98 Å². The van der Waals surface area contributed by atoms with Crippen LogP contribution in [0.4, 0.5) is 5.69 Å². The summed E-state index contributed by atoms with van der Waals surface area (Å²) in [5.74, 6) is 0.445. The van der Waals surface area contributed by atoms with Crippen LogP contribution in [0.15, 0.2) is 48.9 Å². The van der Waals surface area contributed by atoms with Crippen molar-refractivity contribution in [2.75, 3.05) is 4.90 Å². The molecule has 0 aliphatic carbocycles. The van der Waals surface area contributed by atoms with Gasteiger partial charge >= 0.3 is 0 Å². The van der Waals surface area contributed by atoms with Crippen molar-refractivity contribution >= 4 is 23.2 Å². The lowest BCUT2D eigenvalue weighted by atomic mass is 9.95. The smallest absolute Gasteiger partial charge is 0.266 e. The Hall–Kier alpha value is -2.53. The highest BCUT2D eigenvalue weighted by Gasteiger charge is 2.29. The van der Waals surface area contributed by atoms with Crippen molar-refractivity contribution in [3.8, 4) is 0 Å². The molecule has 1 aromatic carbocycles. The van der Waals surface area contributed by atoms with Crippen molar-refractivity contribution < 1.29 is 14.3 Å². The van der Waals surface area contributed by atoms with E-state index in [0.29, 0.717) is 25.3 Å². The van der Waals surface area contributed by atoms with Crippen LogP contribution in [0.5, 0.6) is 0 Å². The van der Waals surface area contributed by atoms with Crippen LogP contribution in [0.1, 0.15) is 35.2 Å². The average molecular weight is 357 g/mol. The molecule has 0 bridgehead atoms. The lowest BCUT2D eigenvalue weighted by Crippen LogP contribution is -2.35. The lowest BCUT2D eigenvalue weighted by molar-refractivity contribution is -0.119. The van der Waals surface area contributed by atoms with Crippen molar-refractivity contribution in [2.45, 2.75) is 31.6 Å². The highest BCUT2D eigenvalue weighted by atomic mass is 35.5. The van der Waals surface area contributed by atoms with E-state index in [1.54, 1.807) is 4.90 Å². The summed E-state index contributed by atoms with van der Waals surface area (Å²) in [7, 11) is 0. The SMILES string of the molecule is O=C1CCc2c(C3OC=CO3)cccc2N1Cc1cccc(CCl)n1. The monoisotopic (exact) mass is 356 g/mol. The van der Waals surface area contributed by atoms with Crippen LogP contribution in [0, 0.1) is 0 Å². The van der Waals surface area contributed by atoms with E-state index in [9.17, 15) is 4.79 Å². The van der Waals surface area contributed by atoms with Crippen LogP contribution in [0.3, 0.4) is 0 Å². The molecule has 0 spiro atoms. The molecule has 1 amide bonds. The first-order chi connectivity index (χ1) is 12.3. The number of amides is 1. The Morgan fingerprint density at radius 1 is 1.08 bits per heavy atom. The molecule has 25 heavy (non-hydrogen) atoms. The molecule has 2 aromatic rings. The van der Waals surface area contributed by atoms with Gasteiger partial charge in [0.1, 0.15) is 12.5 Å². The number of aromatic nitrogens is 1. The first kappa shape index (κ1) is 16.0. The fraction of sp³-hybridized carbons (Fsp3) is 0.263. The Bertz CT molecular complexity index is 829. The van der Waals surface area contributed by atoms with Gasteiger partial charge in [-0.1, -0.05) is 18.2 Å². The van der Waals surface area contributed by atoms with E-state index in [0.717, 1.165) is 28.2 Å². The molecule has 6 heteroatoms. The summed E-state index contributed by atoms with van der Waals surface area (Å²) in [5, 5.41) is 0. The summed E-state index contributed by atoms with van der Waals surface area (Å²) in [6.07, 6.45) is 3.77. The topological polar surface area (TPSA) is 51.7 Å². The summed E-state index contributed by atoms with van der Waals surface area (Å²) < 4.78 is 11.0. The van der Waals surface area contributed by atoms with Crippen LogP contribution in [-0.2, 0) is 33.1 Å². The number of halogens is 1. The van der Waals surface area contributed by atoms with E-state index < -0.39 is 6.29 Å². The first-order valence-corrected chi connectivity index (χ1v) is 8.68. The van der Waals surface area contributed by atoms with Crippen molar-refractivity contribution in [1.29, 1.82) is 0 Å². The summed E-state index contributed by atoms with van der Waals surface area (Å²) >= 11 is 5.87. The van der Waals surface area contributed by atoms with Gasteiger partial charge in [0.25, 0.3) is 6.29 Å². The zero-order valence-corrected chi connectivity index (χ0v) is 14.3. The van der Waals surface area contributed by atoms with Gasteiger partial charge in [0.05, 0.1) is 23.8 Å². The molecule has 0 unspecified atom stereocenters. The number of carbonyl (C=O) groups is 1. The number of ether oxygens (including phenoxy) is 2. The number of pyridine rings is 1. The number of nitrogens with zero attached hydrogens (tertiary/aromatic N) is 2. The molecule has 1 aromatic heterocycles. The predicted octanol–water partition coefficient (Wildman–Crippen LogP) is 3.82. The first-order valence-electron chi connectivity index (χ1n) is 8.15. The minimum Gasteiger partial charge on any atom is -0.455 e. The zero-order valence-electron chi connectivity index (χ0n) is 13.5. The third kappa shape index (κ3) is 3.07. The van der Waals surface area contributed by atoms with Crippen molar-refractivity contribution in [1.82, 2.24) is 4.98 Å². The van der Waals surface area contributed by atoms with Gasteiger partial charge in [-0.2, -0.15) is 0 Å². The number of benzene rings is 1. The highest BCUT2D eigenvalue weighted by Crippen LogP contribution is 2.36. The van der Waals surface area contributed by atoms with Gasteiger partial charge in [0.15, 0.2) is 0 Å². The molecule has 0 atom stereocenters. The Morgan fingerprint density at radius 3 is 2.64 bits per heavy atom. The lowest BCUT2D eigenvalue weighted by Gasteiger charge is -2.31. The van der Waals surface area contributed by atoms with Crippen LogP contribution in [0.25, 0.3) is 0 Å². The zero-order chi connectivity index (χ0) is 17.2. The fourth-order valence-electron chi connectivity index (χ4n) is 3.25. The Kier molecular flexibility index (Phi) is 4.32. The van der Waals surface area contributed by atoms with Crippen LogP contribution in [-0.4, -0.2) is 10.9 Å². The second-order valence-corrected chi connectivity index (χ2v) is 6.22. The molecule has 0 radical (unpaired) electrons. The van der Waals surface area contributed by atoms with Gasteiger partial charge in [0.2, 0.25) is 5.91 Å². The maximum absolute atomic E-state index is 12.5. The molecule has 0 saturated carbocycles. The highest BCUT2D eigenvalue weighted by molar-refractivity contribution is 6.16. The Labute approximate surface area is 150 Å². The number of carbonyl (C=O) groups excluding carboxylic acids is 1. The third-order valence-electron chi connectivity index (χ3n) is 4.40. The van der Waals surface area contributed by atoms with Gasteiger partial charge in [-0.3, -0.25) is 9.78 Å². The Balaban J connectivity index is 1.68. The number of hydrogen-bond donors (Lipinski definition) is 0. The molecule has 0 saturated heterocycles. The van der Waals surface area contributed by atoms with E-state index in [1.165, 1.54) is 12.5 Å². The van der Waals surface area contributed by atoms with E-state index in [4.69, 9.17) is 21.1 Å². The largest absolute Gasteiger partial charge is 0.455 e. The summed E-state index contributed by atoms with van der Waals surface area (Å²) in [5.41, 5.74) is 4.56. The third-order valence-corrected chi connectivity index (χ3v) is 4.68. The number of hydrogen-bond acceptors (Lipinski definition) is 4. The van der Waals surface area contributed by atoms with E-state index in [1.807, 2.05) is 36.4 Å². The standard InChI is InChI=1S/C19H17ClN2O3/c20-11-13-3-1-4-14(21-13)12-22-17-6-2-5-16(19-24-9-10-25-19)15(17)7-8-18(22)23/h1-6,9-10,19H,7-8,11-12H2. The number of fused-ring (bicyclic) bond motifs is 1. The molecule has 5 nitrogen and oxygen atoms in total. The molecule has 2 aliphatic rings. The molecular formula is C19H17ClN2O3. The maximum atomic E-state index is 12.5. The normalized spacial score (nSPS) is 16.5. The fourth-order valence-corrected chi connectivity index (χ4v) is 3.40. The summed E-state index contributed by atoms with van der Waals surface area (Å²) in [6.45, 7) is 0.421. The summed E-state index contributed by atoms with van der Waals surface area (Å²) in [4.78, 5) is 18.8. The number of anilines is 1. The van der Waals surface area contributed by atoms with Crippen molar-refractivity contribution in [3.05, 3.63) is 71.4 Å². The number of rotatable bonds is 4. The van der Waals surface area contributed by atoms with Crippen molar-refractivity contribution in [3.63, 3.8) is 0 Å². The molecule has 0 N–H and O–H groups in total. The minimum atomic E-state index is -0.442. The second kappa shape index (κ2) is 6.76.